The first-order valence-corrected chi connectivity index (χ1v) is 10.6. The van der Waals surface area contributed by atoms with Gasteiger partial charge in [0.25, 0.3) is 0 Å². The molecule has 32 heavy (non-hydrogen) atoms. The molecule has 1 N–H and O–H groups in total. The maximum absolute atomic E-state index is 13.3. The Morgan fingerprint density at radius 2 is 1.50 bits per heavy atom. The molecular formula is C26H25F2N3O. The van der Waals surface area contributed by atoms with Crippen LogP contribution in [0.1, 0.15) is 34.5 Å². The molecule has 1 heterocycles. The van der Waals surface area contributed by atoms with Crippen molar-refractivity contribution in [3.05, 3.63) is 100 Å². The highest BCUT2D eigenvalue weighted by atomic mass is 19.1. The van der Waals surface area contributed by atoms with Crippen molar-refractivity contribution in [1.82, 2.24) is 14.9 Å². The van der Waals surface area contributed by atoms with E-state index in [1.54, 1.807) is 24.3 Å². The Morgan fingerprint density at radius 3 is 2.16 bits per heavy atom. The molecule has 3 aromatic carbocycles. The molecule has 4 nitrogen and oxygen atoms in total. The topological polar surface area (TPSA) is 46.9 Å². The number of imidazole rings is 1. The number of benzene rings is 3. The Morgan fingerprint density at radius 1 is 0.906 bits per heavy atom. The van der Waals surface area contributed by atoms with Crippen LogP contribution in [0, 0.1) is 25.5 Å². The monoisotopic (exact) mass is 433 g/mol. The maximum Gasteiger partial charge on any atom is 0.222 e. The Kier molecular flexibility index (Phi) is 6.30. The number of nitrogens with one attached hydrogen (secondary N) is 1. The highest BCUT2D eigenvalue weighted by molar-refractivity contribution is 5.79. The van der Waals surface area contributed by atoms with Gasteiger partial charge in [-0.2, -0.15) is 0 Å². The molecule has 0 saturated carbocycles. The van der Waals surface area contributed by atoms with Gasteiger partial charge >= 0.3 is 0 Å². The smallest absolute Gasteiger partial charge is 0.222 e. The van der Waals surface area contributed by atoms with E-state index < -0.39 is 0 Å². The Bertz CT molecular complexity index is 1250. The summed E-state index contributed by atoms with van der Waals surface area (Å²) < 4.78 is 28.4. The second-order valence-corrected chi connectivity index (χ2v) is 8.06. The lowest BCUT2D eigenvalue weighted by atomic mass is 10.1. The van der Waals surface area contributed by atoms with Crippen molar-refractivity contribution in [1.29, 1.82) is 0 Å². The molecule has 6 heteroatoms. The first-order chi connectivity index (χ1) is 15.4. The number of amides is 1. The molecule has 4 rings (SSSR count). The predicted octanol–water partition coefficient (Wildman–Crippen LogP) is 5.23. The lowest BCUT2D eigenvalue weighted by Gasteiger charge is -2.11. The second-order valence-electron chi connectivity index (χ2n) is 8.06. The number of aromatic nitrogens is 2. The highest BCUT2D eigenvalue weighted by Crippen LogP contribution is 2.23. The van der Waals surface area contributed by atoms with Crippen LogP contribution in [-0.4, -0.2) is 15.5 Å². The van der Waals surface area contributed by atoms with Gasteiger partial charge in [0.1, 0.15) is 17.5 Å². The first kappa shape index (κ1) is 21.7. The number of carbonyl (C=O) groups is 1. The number of hydrogen-bond acceptors (Lipinski definition) is 2. The van der Waals surface area contributed by atoms with E-state index in [0.717, 1.165) is 39.1 Å². The van der Waals surface area contributed by atoms with Crippen molar-refractivity contribution >= 4 is 16.9 Å². The molecule has 0 fully saturated rings. The normalized spacial score (nSPS) is 11.1. The van der Waals surface area contributed by atoms with Crippen molar-refractivity contribution in [2.75, 3.05) is 0 Å². The van der Waals surface area contributed by atoms with Crippen molar-refractivity contribution in [3.63, 3.8) is 0 Å². The van der Waals surface area contributed by atoms with E-state index in [1.165, 1.54) is 24.3 Å². The lowest BCUT2D eigenvalue weighted by Crippen LogP contribution is -2.24. The summed E-state index contributed by atoms with van der Waals surface area (Å²) in [6.07, 6.45) is 0.834. The van der Waals surface area contributed by atoms with E-state index in [9.17, 15) is 13.6 Å². The molecule has 1 aromatic heterocycles. The standard InChI is InChI=1S/C26H25F2N3O/c1-17-13-23-24(14-18(17)2)31(25(30-23)15-19-3-7-21(27)8-4-19)12-11-26(32)29-16-20-5-9-22(28)10-6-20/h3-10,13-14H,11-12,15-16H2,1-2H3,(H,29,32). The Hall–Kier alpha value is -3.54. The summed E-state index contributed by atoms with van der Waals surface area (Å²) in [6, 6.07) is 16.6. The third-order valence-corrected chi connectivity index (χ3v) is 5.68. The molecule has 0 aliphatic carbocycles. The van der Waals surface area contributed by atoms with Gasteiger partial charge in [0.2, 0.25) is 5.91 Å². The zero-order valence-electron chi connectivity index (χ0n) is 18.2. The van der Waals surface area contributed by atoms with Crippen molar-refractivity contribution in [2.45, 2.75) is 39.8 Å². The van der Waals surface area contributed by atoms with E-state index in [1.807, 2.05) is 0 Å². The number of carbonyl (C=O) groups excluding carboxylic acids is 1. The first-order valence-electron chi connectivity index (χ1n) is 10.6. The summed E-state index contributed by atoms with van der Waals surface area (Å²) >= 11 is 0. The minimum atomic E-state index is -0.300. The minimum absolute atomic E-state index is 0.0901. The van der Waals surface area contributed by atoms with Gasteiger partial charge in [-0.1, -0.05) is 24.3 Å². The number of nitrogens with zero attached hydrogens (tertiary/aromatic N) is 2. The Labute approximate surface area is 185 Å². The summed E-state index contributed by atoms with van der Waals surface area (Å²) in [5, 5.41) is 2.89. The van der Waals surface area contributed by atoms with Gasteiger partial charge in [-0.15, -0.1) is 0 Å². The van der Waals surface area contributed by atoms with Gasteiger partial charge in [-0.25, -0.2) is 13.8 Å². The average molecular weight is 434 g/mol. The largest absolute Gasteiger partial charge is 0.352 e. The molecule has 164 valence electrons. The third kappa shape index (κ3) is 5.02. The molecule has 0 radical (unpaired) electrons. The van der Waals surface area contributed by atoms with Crippen LogP contribution in [0.4, 0.5) is 8.78 Å². The van der Waals surface area contributed by atoms with Gasteiger partial charge < -0.3 is 9.88 Å². The van der Waals surface area contributed by atoms with Crippen LogP contribution in [0.25, 0.3) is 11.0 Å². The molecule has 0 saturated heterocycles. The molecular weight excluding hydrogens is 408 g/mol. The van der Waals surface area contributed by atoms with E-state index in [2.05, 4.69) is 35.9 Å². The predicted molar refractivity (Wildman–Crippen MR) is 121 cm³/mol. The SMILES string of the molecule is Cc1cc2nc(Cc3ccc(F)cc3)n(CCC(=O)NCc3ccc(F)cc3)c2cc1C. The zero-order valence-corrected chi connectivity index (χ0v) is 18.2. The lowest BCUT2D eigenvalue weighted by molar-refractivity contribution is -0.121. The van der Waals surface area contributed by atoms with Gasteiger partial charge in [0.05, 0.1) is 11.0 Å². The molecule has 0 atom stereocenters. The van der Waals surface area contributed by atoms with Gasteiger partial charge in [0, 0.05) is 25.9 Å². The van der Waals surface area contributed by atoms with Crippen LogP contribution >= 0.6 is 0 Å². The van der Waals surface area contributed by atoms with E-state index in [0.29, 0.717) is 19.5 Å². The molecule has 0 aliphatic rings. The number of hydrogen-bond donors (Lipinski definition) is 1. The number of aryl methyl sites for hydroxylation is 3. The Balaban J connectivity index is 1.52. The molecule has 0 unspecified atom stereocenters. The molecule has 0 aliphatic heterocycles. The zero-order chi connectivity index (χ0) is 22.7. The van der Waals surface area contributed by atoms with Gasteiger partial charge in [0.15, 0.2) is 0 Å². The summed E-state index contributed by atoms with van der Waals surface area (Å²) in [4.78, 5) is 17.3. The van der Waals surface area contributed by atoms with Gasteiger partial charge in [-0.05, 0) is 72.5 Å². The second kappa shape index (κ2) is 9.30. The van der Waals surface area contributed by atoms with Crippen LogP contribution in [-0.2, 0) is 24.3 Å². The van der Waals surface area contributed by atoms with Crippen LogP contribution in [0.2, 0.25) is 0 Å². The van der Waals surface area contributed by atoms with Crippen molar-refractivity contribution < 1.29 is 13.6 Å². The maximum atomic E-state index is 13.3. The fourth-order valence-electron chi connectivity index (χ4n) is 3.70. The fraction of sp³-hybridized carbons (Fsp3) is 0.231. The summed E-state index contributed by atoms with van der Waals surface area (Å²) in [7, 11) is 0. The van der Waals surface area contributed by atoms with Crippen molar-refractivity contribution in [2.24, 2.45) is 0 Å². The molecule has 1 amide bonds. The van der Waals surface area contributed by atoms with Gasteiger partial charge in [-0.3, -0.25) is 4.79 Å². The van der Waals surface area contributed by atoms with E-state index in [4.69, 9.17) is 4.98 Å². The van der Waals surface area contributed by atoms with Crippen LogP contribution in [0.3, 0.4) is 0 Å². The van der Waals surface area contributed by atoms with Crippen LogP contribution in [0.15, 0.2) is 60.7 Å². The molecule has 0 spiro atoms. The molecule has 4 aromatic rings. The number of fused-ring (bicyclic) bond motifs is 1. The summed E-state index contributed by atoms with van der Waals surface area (Å²) in [5.41, 5.74) is 5.99. The molecule has 0 bridgehead atoms. The van der Waals surface area contributed by atoms with Crippen LogP contribution in [0.5, 0.6) is 0 Å². The average Bonchev–Trinajstić information content (AvgIpc) is 3.09. The van der Waals surface area contributed by atoms with E-state index in [-0.39, 0.29) is 24.0 Å². The third-order valence-electron chi connectivity index (χ3n) is 5.68. The highest BCUT2D eigenvalue weighted by Gasteiger charge is 2.14. The number of rotatable bonds is 7. The number of halogens is 2. The fourth-order valence-corrected chi connectivity index (χ4v) is 3.70. The minimum Gasteiger partial charge on any atom is -0.352 e. The van der Waals surface area contributed by atoms with E-state index >= 15 is 0 Å². The van der Waals surface area contributed by atoms with Crippen molar-refractivity contribution in [3.8, 4) is 0 Å². The summed E-state index contributed by atoms with van der Waals surface area (Å²) in [6.45, 7) is 4.94. The van der Waals surface area contributed by atoms with Crippen LogP contribution < -0.4 is 5.32 Å². The summed E-state index contributed by atoms with van der Waals surface area (Å²) in [5.74, 6) is 0.174. The quantitative estimate of drug-likeness (QED) is 0.434.